The summed E-state index contributed by atoms with van der Waals surface area (Å²) in [6.45, 7) is 3.65. The Morgan fingerprint density at radius 3 is 2.45 bits per heavy atom. The lowest BCUT2D eigenvalue weighted by atomic mass is 9.87. The zero-order chi connectivity index (χ0) is 21.5. The molecule has 31 heavy (non-hydrogen) atoms. The number of amides is 2. The number of carbonyl (C=O) groups is 2. The minimum absolute atomic E-state index is 0. The van der Waals surface area contributed by atoms with Crippen LogP contribution in [0.15, 0.2) is 36.4 Å². The summed E-state index contributed by atoms with van der Waals surface area (Å²) >= 11 is 12.8. The minimum Gasteiger partial charge on any atom is -0.379 e. The van der Waals surface area contributed by atoms with Crippen LogP contribution in [0.3, 0.4) is 0 Å². The van der Waals surface area contributed by atoms with E-state index in [1.165, 1.54) is 17.0 Å². The highest BCUT2D eigenvalue weighted by molar-refractivity contribution is 6.35. The first kappa shape index (κ1) is 23.8. The number of anilines is 1. The molecule has 2 heterocycles. The molecule has 2 aliphatic rings. The largest absolute Gasteiger partial charge is 0.379 e. The van der Waals surface area contributed by atoms with Crippen molar-refractivity contribution in [2.24, 2.45) is 5.73 Å². The van der Waals surface area contributed by atoms with Crippen LogP contribution < -0.4 is 10.6 Å². The molecule has 2 aliphatic heterocycles. The van der Waals surface area contributed by atoms with Gasteiger partial charge in [0.1, 0.15) is 0 Å². The zero-order valence-electron chi connectivity index (χ0n) is 16.5. The van der Waals surface area contributed by atoms with Gasteiger partial charge in [0.15, 0.2) is 5.60 Å². The summed E-state index contributed by atoms with van der Waals surface area (Å²) in [5.41, 5.74) is 4.34. The number of carbonyl (C=O) groups excluding carboxylic acids is 2. The van der Waals surface area contributed by atoms with Crippen LogP contribution in [0.4, 0.5) is 5.69 Å². The Morgan fingerprint density at radius 2 is 1.81 bits per heavy atom. The van der Waals surface area contributed by atoms with Gasteiger partial charge >= 0.3 is 0 Å². The second-order valence-corrected chi connectivity index (χ2v) is 8.13. The molecule has 1 fully saturated rings. The number of hydrogen-bond donors (Lipinski definition) is 2. The summed E-state index contributed by atoms with van der Waals surface area (Å²) in [6.07, 6.45) is 0. The van der Waals surface area contributed by atoms with Crippen molar-refractivity contribution in [3.63, 3.8) is 0 Å². The number of ether oxygens (including phenoxy) is 1. The first-order valence-electron chi connectivity index (χ1n) is 9.57. The van der Waals surface area contributed by atoms with Gasteiger partial charge in [0.25, 0.3) is 5.91 Å². The highest BCUT2D eigenvalue weighted by Crippen LogP contribution is 2.49. The topological polar surface area (TPSA) is 96.1 Å². The molecule has 7 nitrogen and oxygen atoms in total. The van der Waals surface area contributed by atoms with E-state index < -0.39 is 17.4 Å². The third-order valence-corrected chi connectivity index (χ3v) is 6.20. The van der Waals surface area contributed by atoms with Crippen molar-refractivity contribution < 1.29 is 19.4 Å². The van der Waals surface area contributed by atoms with E-state index in [1.807, 2.05) is 0 Å². The van der Waals surface area contributed by atoms with Crippen LogP contribution in [-0.2, 0) is 15.1 Å². The van der Waals surface area contributed by atoms with E-state index in [0.29, 0.717) is 32.0 Å². The average molecular weight is 487 g/mol. The first-order valence-corrected chi connectivity index (χ1v) is 10.3. The Balaban J connectivity index is 0.00000272. The molecule has 0 spiro atoms. The molecule has 0 saturated carbocycles. The SMILES string of the molecule is Cl.NC(=O)c1cc(Cl)c2c(c1)N(CCN1CCOCC1)C(=O)C2(O)c1ccccc1Cl. The van der Waals surface area contributed by atoms with Crippen LogP contribution in [0.1, 0.15) is 21.5 Å². The molecule has 2 aromatic carbocycles. The van der Waals surface area contributed by atoms with E-state index in [2.05, 4.69) is 4.90 Å². The zero-order valence-corrected chi connectivity index (χ0v) is 18.8. The summed E-state index contributed by atoms with van der Waals surface area (Å²) in [6, 6.07) is 9.45. The predicted octanol–water partition coefficient (Wildman–Crippen LogP) is 2.43. The molecule has 2 amide bonds. The maximum atomic E-state index is 13.5. The van der Waals surface area contributed by atoms with Crippen LogP contribution in [0.25, 0.3) is 0 Å². The molecule has 10 heteroatoms. The number of nitrogens with zero attached hydrogens (tertiary/aromatic N) is 2. The van der Waals surface area contributed by atoms with Gasteiger partial charge in [-0.3, -0.25) is 14.5 Å². The number of benzene rings is 2. The van der Waals surface area contributed by atoms with Gasteiger partial charge in [-0.15, -0.1) is 12.4 Å². The minimum atomic E-state index is -2.06. The maximum Gasteiger partial charge on any atom is 0.268 e. The fourth-order valence-electron chi connectivity index (χ4n) is 4.01. The maximum absolute atomic E-state index is 13.5. The van der Waals surface area contributed by atoms with Crippen molar-refractivity contribution in [1.82, 2.24) is 4.90 Å². The van der Waals surface area contributed by atoms with E-state index in [9.17, 15) is 14.7 Å². The Morgan fingerprint density at radius 1 is 1.13 bits per heavy atom. The first-order chi connectivity index (χ1) is 14.3. The number of rotatable bonds is 5. The second-order valence-electron chi connectivity index (χ2n) is 7.32. The van der Waals surface area contributed by atoms with E-state index in [0.717, 1.165) is 13.1 Å². The molecule has 1 unspecified atom stereocenters. The molecule has 0 aliphatic carbocycles. The van der Waals surface area contributed by atoms with Gasteiger partial charge in [-0.25, -0.2) is 0 Å². The predicted molar refractivity (Wildman–Crippen MR) is 121 cm³/mol. The van der Waals surface area contributed by atoms with Crippen molar-refractivity contribution in [2.45, 2.75) is 5.60 Å². The molecule has 0 bridgehead atoms. The van der Waals surface area contributed by atoms with Crippen LogP contribution >= 0.6 is 35.6 Å². The Bertz CT molecular complexity index is 1010. The van der Waals surface area contributed by atoms with Crippen LogP contribution in [-0.4, -0.2) is 61.2 Å². The fraction of sp³-hybridized carbons (Fsp3) is 0.333. The molecule has 2 aromatic rings. The van der Waals surface area contributed by atoms with Crippen molar-refractivity contribution >= 4 is 53.1 Å². The summed E-state index contributed by atoms with van der Waals surface area (Å²) in [7, 11) is 0. The van der Waals surface area contributed by atoms with Crippen LogP contribution in [0, 0.1) is 0 Å². The standard InChI is InChI=1S/C21H21Cl2N3O4.ClH/c22-15-4-2-1-3-14(15)21(29)18-16(23)11-13(19(24)27)12-17(18)26(20(21)28)6-5-25-7-9-30-10-8-25;/h1-4,11-12,29H,5-10H2,(H2,24,27);1H. The third-order valence-electron chi connectivity index (χ3n) is 5.57. The second kappa shape index (κ2) is 9.32. The van der Waals surface area contributed by atoms with E-state index in [1.54, 1.807) is 24.3 Å². The number of nitrogens with two attached hydrogens (primary N) is 1. The molecular weight excluding hydrogens is 465 g/mol. The Kier molecular flexibility index (Phi) is 7.15. The molecular formula is C21H22Cl3N3O4. The average Bonchev–Trinajstić information content (AvgIpc) is 2.95. The highest BCUT2D eigenvalue weighted by Gasteiger charge is 2.53. The molecule has 3 N–H and O–H groups in total. The van der Waals surface area contributed by atoms with E-state index in [4.69, 9.17) is 33.7 Å². The van der Waals surface area contributed by atoms with Gasteiger partial charge in [-0.05, 0) is 18.2 Å². The number of morpholine rings is 1. The summed E-state index contributed by atoms with van der Waals surface area (Å²) in [5, 5.41) is 12.0. The number of halogens is 3. The number of aliphatic hydroxyl groups is 1. The summed E-state index contributed by atoms with van der Waals surface area (Å²) in [4.78, 5) is 28.9. The molecule has 1 atom stereocenters. The van der Waals surface area contributed by atoms with E-state index >= 15 is 0 Å². The van der Waals surface area contributed by atoms with Gasteiger partial charge in [-0.2, -0.15) is 0 Å². The number of fused-ring (bicyclic) bond motifs is 1. The monoisotopic (exact) mass is 485 g/mol. The summed E-state index contributed by atoms with van der Waals surface area (Å²) < 4.78 is 5.37. The lowest BCUT2D eigenvalue weighted by Crippen LogP contribution is -2.46. The van der Waals surface area contributed by atoms with Gasteiger partial charge in [-0.1, -0.05) is 41.4 Å². The smallest absolute Gasteiger partial charge is 0.268 e. The van der Waals surface area contributed by atoms with Crippen molar-refractivity contribution in [2.75, 3.05) is 44.3 Å². The van der Waals surface area contributed by atoms with Gasteiger partial charge in [0, 0.05) is 47.9 Å². The summed E-state index contributed by atoms with van der Waals surface area (Å²) in [5.74, 6) is -1.24. The van der Waals surface area contributed by atoms with Crippen molar-refractivity contribution in [3.8, 4) is 0 Å². The van der Waals surface area contributed by atoms with Gasteiger partial charge < -0.3 is 20.5 Å². The van der Waals surface area contributed by atoms with Gasteiger partial charge in [0.2, 0.25) is 5.91 Å². The molecule has 0 radical (unpaired) electrons. The molecule has 4 rings (SSSR count). The Hall–Kier alpha value is -1.87. The van der Waals surface area contributed by atoms with Gasteiger partial charge in [0.05, 0.1) is 23.9 Å². The van der Waals surface area contributed by atoms with Crippen molar-refractivity contribution in [3.05, 3.63) is 63.1 Å². The number of primary amides is 1. The normalized spacial score (nSPS) is 21.0. The lowest BCUT2D eigenvalue weighted by molar-refractivity contribution is -0.132. The molecule has 0 aromatic heterocycles. The number of hydrogen-bond acceptors (Lipinski definition) is 5. The van der Waals surface area contributed by atoms with Crippen LogP contribution in [0.5, 0.6) is 0 Å². The highest BCUT2D eigenvalue weighted by atomic mass is 35.5. The molecule has 1 saturated heterocycles. The quantitative estimate of drug-likeness (QED) is 0.677. The Labute approximate surface area is 196 Å². The lowest BCUT2D eigenvalue weighted by Gasteiger charge is -2.29. The molecule has 166 valence electrons. The van der Waals surface area contributed by atoms with Crippen LogP contribution in [0.2, 0.25) is 10.0 Å². The van der Waals surface area contributed by atoms with E-state index in [-0.39, 0.29) is 39.1 Å². The van der Waals surface area contributed by atoms with Crippen molar-refractivity contribution in [1.29, 1.82) is 0 Å². The third kappa shape index (κ3) is 4.14. The fourth-order valence-corrected chi connectivity index (χ4v) is 4.63.